The van der Waals surface area contributed by atoms with Gasteiger partial charge in [0.25, 0.3) is 0 Å². The Morgan fingerprint density at radius 1 is 1.28 bits per heavy atom. The summed E-state index contributed by atoms with van der Waals surface area (Å²) in [6.45, 7) is 2.59. The maximum absolute atomic E-state index is 5.73. The van der Waals surface area contributed by atoms with Crippen molar-refractivity contribution < 1.29 is 0 Å². The highest BCUT2D eigenvalue weighted by molar-refractivity contribution is 5.93. The number of aromatic nitrogens is 3. The molecule has 3 rings (SSSR count). The van der Waals surface area contributed by atoms with Crippen molar-refractivity contribution in [2.45, 2.75) is 19.9 Å². The van der Waals surface area contributed by atoms with Crippen molar-refractivity contribution in [3.8, 4) is 11.4 Å². The van der Waals surface area contributed by atoms with E-state index in [2.05, 4.69) is 34.0 Å². The molecule has 92 valence electrons. The molecule has 0 saturated heterocycles. The van der Waals surface area contributed by atoms with Gasteiger partial charge in [-0.1, -0.05) is 25.1 Å². The zero-order valence-electron chi connectivity index (χ0n) is 10.3. The summed E-state index contributed by atoms with van der Waals surface area (Å²) < 4.78 is 0. The number of H-pyrrole nitrogens is 2. The van der Waals surface area contributed by atoms with Crippen molar-refractivity contribution in [1.29, 1.82) is 0 Å². The first kappa shape index (κ1) is 11.0. The van der Waals surface area contributed by atoms with Gasteiger partial charge in [-0.25, -0.2) is 4.98 Å². The van der Waals surface area contributed by atoms with Crippen LogP contribution in [0.4, 0.5) is 0 Å². The average Bonchev–Trinajstić information content (AvgIpc) is 3.01. The Labute approximate surface area is 105 Å². The predicted octanol–water partition coefficient (Wildman–Crippen LogP) is 2.58. The van der Waals surface area contributed by atoms with Crippen LogP contribution in [-0.4, -0.2) is 15.0 Å². The number of aryl methyl sites for hydroxylation is 1. The minimum Gasteiger partial charge on any atom is -0.360 e. The minimum atomic E-state index is 0.499. The molecule has 4 N–H and O–H groups in total. The second-order valence-corrected chi connectivity index (χ2v) is 4.32. The van der Waals surface area contributed by atoms with Crippen LogP contribution in [0.2, 0.25) is 0 Å². The number of aromatic amines is 2. The highest BCUT2D eigenvalue weighted by Crippen LogP contribution is 2.27. The Morgan fingerprint density at radius 3 is 2.83 bits per heavy atom. The van der Waals surface area contributed by atoms with Crippen molar-refractivity contribution in [3.63, 3.8) is 0 Å². The van der Waals surface area contributed by atoms with Crippen LogP contribution in [0.25, 0.3) is 22.3 Å². The van der Waals surface area contributed by atoms with Gasteiger partial charge in [0.2, 0.25) is 0 Å². The Balaban J connectivity index is 2.17. The molecule has 3 aromatic rings. The molecule has 0 aliphatic heterocycles. The summed E-state index contributed by atoms with van der Waals surface area (Å²) >= 11 is 0. The second-order valence-electron chi connectivity index (χ2n) is 4.32. The maximum atomic E-state index is 5.73. The number of hydrogen-bond donors (Lipinski definition) is 3. The molecule has 18 heavy (non-hydrogen) atoms. The van der Waals surface area contributed by atoms with Crippen molar-refractivity contribution in [1.82, 2.24) is 15.0 Å². The predicted molar refractivity (Wildman–Crippen MR) is 73.1 cm³/mol. The number of hydrogen-bond acceptors (Lipinski definition) is 2. The molecule has 0 radical (unpaired) electrons. The van der Waals surface area contributed by atoms with Crippen LogP contribution in [0.5, 0.6) is 0 Å². The lowest BCUT2D eigenvalue weighted by atomic mass is 10.2. The molecule has 0 aliphatic carbocycles. The van der Waals surface area contributed by atoms with E-state index in [0.29, 0.717) is 6.54 Å². The number of imidazole rings is 1. The molecule has 0 spiro atoms. The smallest absolute Gasteiger partial charge is 0.140 e. The first-order valence-corrected chi connectivity index (χ1v) is 6.17. The number of nitrogens with one attached hydrogen (secondary N) is 2. The molecule has 4 nitrogen and oxygen atoms in total. The molecule has 0 saturated carbocycles. The van der Waals surface area contributed by atoms with E-state index in [1.807, 2.05) is 18.3 Å². The lowest BCUT2D eigenvalue weighted by molar-refractivity contribution is 0.951. The topological polar surface area (TPSA) is 70.5 Å². The van der Waals surface area contributed by atoms with Gasteiger partial charge in [0.05, 0.1) is 11.4 Å². The fourth-order valence-corrected chi connectivity index (χ4v) is 2.30. The van der Waals surface area contributed by atoms with Crippen LogP contribution in [0.15, 0.2) is 30.5 Å². The summed E-state index contributed by atoms with van der Waals surface area (Å²) in [5, 5.41) is 1.18. The Kier molecular flexibility index (Phi) is 2.64. The monoisotopic (exact) mass is 240 g/mol. The molecule has 2 heterocycles. The standard InChI is InChI=1S/C14H16N4/c1-2-11-13(7-15)18-14(17-11)10-8-16-12-6-4-3-5-9(10)12/h3-6,8,16H,2,7,15H2,1H3,(H,17,18). The van der Waals surface area contributed by atoms with Crippen LogP contribution in [0, 0.1) is 0 Å². The van der Waals surface area contributed by atoms with Crippen LogP contribution in [0.3, 0.4) is 0 Å². The van der Waals surface area contributed by atoms with E-state index in [0.717, 1.165) is 34.7 Å². The SMILES string of the molecule is CCc1nc(-c2c[nH]c3ccccc23)[nH]c1CN. The quantitative estimate of drug-likeness (QED) is 0.658. The molecule has 0 fully saturated rings. The number of rotatable bonds is 3. The fraction of sp³-hybridized carbons (Fsp3) is 0.214. The number of para-hydroxylation sites is 1. The van der Waals surface area contributed by atoms with Crippen molar-refractivity contribution >= 4 is 10.9 Å². The molecule has 2 aromatic heterocycles. The summed E-state index contributed by atoms with van der Waals surface area (Å²) in [4.78, 5) is 11.2. The van der Waals surface area contributed by atoms with Gasteiger partial charge < -0.3 is 15.7 Å². The van der Waals surface area contributed by atoms with E-state index in [4.69, 9.17) is 5.73 Å². The largest absolute Gasteiger partial charge is 0.360 e. The molecular formula is C14H16N4. The molecule has 4 heteroatoms. The number of nitrogens with zero attached hydrogens (tertiary/aromatic N) is 1. The zero-order chi connectivity index (χ0) is 12.5. The molecule has 0 amide bonds. The number of benzene rings is 1. The average molecular weight is 240 g/mol. The third kappa shape index (κ3) is 1.62. The lowest BCUT2D eigenvalue weighted by Gasteiger charge is -1.94. The Morgan fingerprint density at radius 2 is 2.11 bits per heavy atom. The van der Waals surface area contributed by atoms with E-state index in [1.54, 1.807) is 0 Å². The lowest BCUT2D eigenvalue weighted by Crippen LogP contribution is -1.99. The number of nitrogens with two attached hydrogens (primary N) is 1. The zero-order valence-corrected chi connectivity index (χ0v) is 10.3. The highest BCUT2D eigenvalue weighted by atomic mass is 15.0. The van der Waals surface area contributed by atoms with Crippen molar-refractivity contribution in [2.24, 2.45) is 5.73 Å². The van der Waals surface area contributed by atoms with Crippen molar-refractivity contribution in [3.05, 3.63) is 41.9 Å². The molecule has 0 unspecified atom stereocenters. The molecule has 0 atom stereocenters. The van der Waals surface area contributed by atoms with Crippen molar-refractivity contribution in [2.75, 3.05) is 0 Å². The molecule has 1 aromatic carbocycles. The molecular weight excluding hydrogens is 224 g/mol. The van der Waals surface area contributed by atoms with E-state index >= 15 is 0 Å². The summed E-state index contributed by atoms with van der Waals surface area (Å²) in [5.41, 5.74) is 10.0. The van der Waals surface area contributed by atoms with Gasteiger partial charge in [-0.2, -0.15) is 0 Å². The maximum Gasteiger partial charge on any atom is 0.140 e. The van der Waals surface area contributed by atoms with Crippen LogP contribution >= 0.6 is 0 Å². The van der Waals surface area contributed by atoms with Gasteiger partial charge in [0.15, 0.2) is 0 Å². The van der Waals surface area contributed by atoms with Crippen LogP contribution < -0.4 is 5.73 Å². The normalized spacial score (nSPS) is 11.2. The molecule has 0 bridgehead atoms. The summed E-state index contributed by atoms with van der Waals surface area (Å²) in [6.07, 6.45) is 2.88. The van der Waals surface area contributed by atoms with Gasteiger partial charge in [-0.05, 0) is 12.5 Å². The van der Waals surface area contributed by atoms with Crippen LogP contribution in [-0.2, 0) is 13.0 Å². The third-order valence-corrected chi connectivity index (χ3v) is 3.25. The van der Waals surface area contributed by atoms with Gasteiger partial charge in [0, 0.05) is 29.2 Å². The summed E-state index contributed by atoms with van der Waals surface area (Å²) in [7, 11) is 0. The fourth-order valence-electron chi connectivity index (χ4n) is 2.30. The summed E-state index contributed by atoms with van der Waals surface area (Å²) in [6, 6.07) is 8.21. The van der Waals surface area contributed by atoms with E-state index in [-0.39, 0.29) is 0 Å². The highest BCUT2D eigenvalue weighted by Gasteiger charge is 2.12. The Bertz CT molecular complexity index is 656. The third-order valence-electron chi connectivity index (χ3n) is 3.25. The first-order chi connectivity index (χ1) is 8.83. The van der Waals surface area contributed by atoms with Gasteiger partial charge in [-0.3, -0.25) is 0 Å². The number of fused-ring (bicyclic) bond motifs is 1. The second kappa shape index (κ2) is 4.31. The molecule has 0 aliphatic rings. The van der Waals surface area contributed by atoms with Crippen LogP contribution in [0.1, 0.15) is 18.3 Å². The van der Waals surface area contributed by atoms with E-state index < -0.39 is 0 Å². The van der Waals surface area contributed by atoms with E-state index in [1.165, 1.54) is 5.39 Å². The Hall–Kier alpha value is -2.07. The van der Waals surface area contributed by atoms with Gasteiger partial charge in [-0.15, -0.1) is 0 Å². The van der Waals surface area contributed by atoms with E-state index in [9.17, 15) is 0 Å². The first-order valence-electron chi connectivity index (χ1n) is 6.17. The van der Waals surface area contributed by atoms with Gasteiger partial charge in [0.1, 0.15) is 5.82 Å². The summed E-state index contributed by atoms with van der Waals surface area (Å²) in [5.74, 6) is 0.893. The minimum absolute atomic E-state index is 0.499. The van der Waals surface area contributed by atoms with Gasteiger partial charge >= 0.3 is 0 Å².